The van der Waals surface area contributed by atoms with Crippen molar-refractivity contribution in [1.29, 1.82) is 0 Å². The molecule has 4 nitrogen and oxygen atoms in total. The monoisotopic (exact) mass is 323 g/mol. The SMILES string of the molecule is OCC(CO)(CO)[NH2+]Cc1ccc(-c2ccccc2)cc1.[Cl-]. The summed E-state index contributed by atoms with van der Waals surface area (Å²) in [5.41, 5.74) is 2.48. The van der Waals surface area contributed by atoms with Crippen molar-refractivity contribution < 1.29 is 33.0 Å². The maximum absolute atomic E-state index is 9.30. The lowest BCUT2D eigenvalue weighted by Crippen LogP contribution is -3.00. The van der Waals surface area contributed by atoms with Crippen LogP contribution in [0.15, 0.2) is 54.6 Å². The molecule has 0 unspecified atom stereocenters. The highest BCUT2D eigenvalue weighted by Gasteiger charge is 2.31. The standard InChI is InChI=1S/C17H21NO3.ClH/c19-11-17(12-20,13-21)18-10-14-6-8-16(9-7-14)15-4-2-1-3-5-15;/h1-9,18-21H,10-13H2;1H. The second-order valence-electron chi connectivity index (χ2n) is 5.31. The molecule has 0 aliphatic carbocycles. The van der Waals surface area contributed by atoms with Gasteiger partial charge in [-0.3, -0.25) is 0 Å². The highest BCUT2D eigenvalue weighted by atomic mass is 35.5. The Labute approximate surface area is 136 Å². The van der Waals surface area contributed by atoms with Gasteiger partial charge in [0.2, 0.25) is 0 Å². The van der Waals surface area contributed by atoms with Gasteiger partial charge in [0.25, 0.3) is 0 Å². The third-order valence-corrected chi connectivity index (χ3v) is 3.78. The van der Waals surface area contributed by atoms with Crippen LogP contribution < -0.4 is 17.7 Å². The van der Waals surface area contributed by atoms with Crippen molar-refractivity contribution in [3.8, 4) is 11.1 Å². The molecule has 0 heterocycles. The predicted molar refractivity (Wildman–Crippen MR) is 81.5 cm³/mol. The first-order chi connectivity index (χ1) is 10.2. The molecular weight excluding hydrogens is 302 g/mol. The molecule has 5 N–H and O–H groups in total. The third-order valence-electron chi connectivity index (χ3n) is 3.78. The Morgan fingerprint density at radius 3 is 1.73 bits per heavy atom. The van der Waals surface area contributed by atoms with Crippen LogP contribution in [0.1, 0.15) is 5.56 Å². The molecule has 0 bridgehead atoms. The van der Waals surface area contributed by atoms with E-state index in [0.29, 0.717) is 6.54 Å². The van der Waals surface area contributed by atoms with Crippen LogP contribution in [-0.2, 0) is 6.54 Å². The summed E-state index contributed by atoms with van der Waals surface area (Å²) in [6, 6.07) is 18.3. The van der Waals surface area contributed by atoms with Crippen LogP contribution in [0.4, 0.5) is 0 Å². The Morgan fingerprint density at radius 2 is 1.23 bits per heavy atom. The zero-order chi connectivity index (χ0) is 15.1. The van der Waals surface area contributed by atoms with Gasteiger partial charge in [0.05, 0.1) is 0 Å². The maximum atomic E-state index is 9.30. The van der Waals surface area contributed by atoms with Gasteiger partial charge in [0.15, 0.2) is 5.54 Å². The van der Waals surface area contributed by atoms with E-state index < -0.39 is 5.54 Å². The molecule has 0 atom stereocenters. The second-order valence-corrected chi connectivity index (χ2v) is 5.31. The normalized spacial score (nSPS) is 11.0. The summed E-state index contributed by atoms with van der Waals surface area (Å²) in [5, 5.41) is 29.7. The van der Waals surface area contributed by atoms with Gasteiger partial charge in [-0.15, -0.1) is 0 Å². The van der Waals surface area contributed by atoms with Crippen LogP contribution in [0.25, 0.3) is 11.1 Å². The largest absolute Gasteiger partial charge is 1.00 e. The zero-order valence-electron chi connectivity index (χ0n) is 12.3. The summed E-state index contributed by atoms with van der Waals surface area (Å²) >= 11 is 0. The number of rotatable bonds is 7. The minimum Gasteiger partial charge on any atom is -1.00 e. The minimum atomic E-state index is -0.919. The van der Waals surface area contributed by atoms with E-state index in [9.17, 15) is 15.3 Å². The van der Waals surface area contributed by atoms with Crippen molar-refractivity contribution in [1.82, 2.24) is 0 Å². The lowest BCUT2D eigenvalue weighted by Gasteiger charge is -2.25. The molecule has 0 aliphatic rings. The molecule has 0 amide bonds. The molecule has 2 aromatic rings. The molecule has 0 saturated heterocycles. The fraction of sp³-hybridized carbons (Fsp3) is 0.294. The van der Waals surface area contributed by atoms with Crippen LogP contribution in [0.3, 0.4) is 0 Å². The molecule has 120 valence electrons. The van der Waals surface area contributed by atoms with Crippen molar-refractivity contribution >= 4 is 0 Å². The molecule has 22 heavy (non-hydrogen) atoms. The Balaban J connectivity index is 0.00000242. The molecule has 5 heteroatoms. The number of hydrogen-bond donors (Lipinski definition) is 4. The van der Waals surface area contributed by atoms with Gasteiger partial charge in [-0.2, -0.15) is 0 Å². The highest BCUT2D eigenvalue weighted by molar-refractivity contribution is 5.63. The number of quaternary nitrogens is 1. The molecular formula is C17H22ClNO3. The molecule has 0 fully saturated rings. The van der Waals surface area contributed by atoms with E-state index in [1.165, 1.54) is 5.56 Å². The number of aliphatic hydroxyl groups is 3. The minimum absolute atomic E-state index is 0. The quantitative estimate of drug-likeness (QED) is 0.443. The van der Waals surface area contributed by atoms with E-state index in [0.717, 1.165) is 11.1 Å². The molecule has 0 spiro atoms. The second kappa shape index (κ2) is 8.88. The van der Waals surface area contributed by atoms with Crippen LogP contribution >= 0.6 is 0 Å². The van der Waals surface area contributed by atoms with Gasteiger partial charge in [0.1, 0.15) is 26.4 Å². The van der Waals surface area contributed by atoms with E-state index in [1.54, 1.807) is 5.32 Å². The summed E-state index contributed by atoms with van der Waals surface area (Å²) < 4.78 is 0. The first-order valence-corrected chi connectivity index (χ1v) is 7.04. The molecule has 0 radical (unpaired) electrons. The third kappa shape index (κ3) is 4.53. The number of aliphatic hydroxyl groups excluding tert-OH is 3. The van der Waals surface area contributed by atoms with Crippen molar-refractivity contribution in [3.05, 3.63) is 60.2 Å². The van der Waals surface area contributed by atoms with E-state index in [1.807, 2.05) is 30.3 Å². The lowest BCUT2D eigenvalue weighted by molar-refractivity contribution is -0.746. The van der Waals surface area contributed by atoms with Gasteiger partial charge < -0.3 is 33.0 Å². The lowest BCUT2D eigenvalue weighted by atomic mass is 10.0. The zero-order valence-corrected chi connectivity index (χ0v) is 13.1. The van der Waals surface area contributed by atoms with Crippen molar-refractivity contribution in [2.75, 3.05) is 19.8 Å². The van der Waals surface area contributed by atoms with Gasteiger partial charge in [-0.25, -0.2) is 0 Å². The molecule has 0 saturated carbocycles. The van der Waals surface area contributed by atoms with Gasteiger partial charge in [-0.05, 0) is 11.1 Å². The van der Waals surface area contributed by atoms with E-state index in [-0.39, 0.29) is 32.2 Å². The van der Waals surface area contributed by atoms with Crippen molar-refractivity contribution in [3.63, 3.8) is 0 Å². The molecule has 2 aromatic carbocycles. The maximum Gasteiger partial charge on any atom is 0.166 e. The summed E-state index contributed by atoms with van der Waals surface area (Å²) in [5.74, 6) is 0. The number of hydrogen-bond acceptors (Lipinski definition) is 3. The van der Waals surface area contributed by atoms with Crippen LogP contribution in [0, 0.1) is 0 Å². The van der Waals surface area contributed by atoms with Gasteiger partial charge in [0, 0.05) is 5.56 Å². The molecule has 0 aromatic heterocycles. The average Bonchev–Trinajstić information content (AvgIpc) is 2.58. The first kappa shape index (κ1) is 18.6. The summed E-state index contributed by atoms with van der Waals surface area (Å²) in [6.07, 6.45) is 0. The highest BCUT2D eigenvalue weighted by Crippen LogP contribution is 2.18. The predicted octanol–water partition coefficient (Wildman–Crippen LogP) is -2.86. The van der Waals surface area contributed by atoms with Gasteiger partial charge in [-0.1, -0.05) is 54.6 Å². The van der Waals surface area contributed by atoms with E-state index in [4.69, 9.17) is 0 Å². The van der Waals surface area contributed by atoms with E-state index in [2.05, 4.69) is 24.3 Å². The number of nitrogens with two attached hydrogens (primary N) is 1. The van der Waals surface area contributed by atoms with Crippen molar-refractivity contribution in [2.24, 2.45) is 0 Å². The summed E-state index contributed by atoms with van der Waals surface area (Å²) in [4.78, 5) is 0. The Hall–Kier alpha value is -1.43. The van der Waals surface area contributed by atoms with Crippen LogP contribution in [0.5, 0.6) is 0 Å². The Kier molecular flexibility index (Phi) is 7.51. The van der Waals surface area contributed by atoms with Crippen LogP contribution in [0.2, 0.25) is 0 Å². The number of halogens is 1. The fourth-order valence-electron chi connectivity index (χ4n) is 2.14. The Morgan fingerprint density at radius 1 is 0.727 bits per heavy atom. The fourth-order valence-corrected chi connectivity index (χ4v) is 2.14. The molecule has 2 rings (SSSR count). The van der Waals surface area contributed by atoms with Gasteiger partial charge >= 0.3 is 0 Å². The summed E-state index contributed by atoms with van der Waals surface area (Å²) in [6.45, 7) is -0.191. The average molecular weight is 324 g/mol. The first-order valence-electron chi connectivity index (χ1n) is 7.04. The number of benzene rings is 2. The van der Waals surface area contributed by atoms with E-state index >= 15 is 0 Å². The van der Waals surface area contributed by atoms with Crippen LogP contribution in [-0.4, -0.2) is 40.7 Å². The topological polar surface area (TPSA) is 77.3 Å². The smallest absolute Gasteiger partial charge is 0.166 e. The molecule has 0 aliphatic heterocycles. The van der Waals surface area contributed by atoms with Crippen molar-refractivity contribution in [2.45, 2.75) is 12.1 Å². The Bertz CT molecular complexity index is 533. The summed E-state index contributed by atoms with van der Waals surface area (Å²) in [7, 11) is 0.